The number of benzene rings is 1. The maximum atomic E-state index is 14.1. The van der Waals surface area contributed by atoms with Gasteiger partial charge >= 0.3 is 0 Å². The van der Waals surface area contributed by atoms with Gasteiger partial charge in [-0.25, -0.2) is 4.39 Å². The highest BCUT2D eigenvalue weighted by Crippen LogP contribution is 2.47. The Bertz CT molecular complexity index is 833. The molecule has 0 spiro atoms. The molecule has 1 aromatic carbocycles. The molecule has 1 saturated carbocycles. The summed E-state index contributed by atoms with van der Waals surface area (Å²) in [7, 11) is 0. The number of hydrogen-bond donors (Lipinski definition) is 0. The first-order valence-corrected chi connectivity index (χ1v) is 11.4. The fourth-order valence-corrected chi connectivity index (χ4v) is 6.08. The number of fused-ring (bicyclic) bond motifs is 1. The first-order valence-electron chi connectivity index (χ1n) is 11.4. The Hall–Kier alpha value is -1.95. The molecule has 3 atom stereocenters. The first kappa shape index (κ1) is 20.0. The van der Waals surface area contributed by atoms with E-state index in [-0.39, 0.29) is 35.5 Å². The maximum absolute atomic E-state index is 14.1. The van der Waals surface area contributed by atoms with Gasteiger partial charge in [-0.05, 0) is 43.4 Å². The lowest BCUT2D eigenvalue weighted by Gasteiger charge is -2.40. The number of halogens is 1. The third kappa shape index (κ3) is 3.43. The molecule has 3 saturated heterocycles. The van der Waals surface area contributed by atoms with Crippen molar-refractivity contribution in [2.45, 2.75) is 45.1 Å². The summed E-state index contributed by atoms with van der Waals surface area (Å²) in [6.45, 7) is 4.91. The largest absolute Gasteiger partial charge is 0.379 e. The minimum Gasteiger partial charge on any atom is -0.379 e. The van der Waals surface area contributed by atoms with E-state index in [9.17, 15) is 14.0 Å². The highest BCUT2D eigenvalue weighted by atomic mass is 19.1. The summed E-state index contributed by atoms with van der Waals surface area (Å²) in [6.07, 6.45) is 5.31. The van der Waals surface area contributed by atoms with Crippen molar-refractivity contribution in [1.29, 1.82) is 0 Å². The lowest BCUT2D eigenvalue weighted by molar-refractivity contribution is -0.168. The third-order valence-electron chi connectivity index (χ3n) is 7.76. The number of likely N-dealkylation sites (tertiary alicyclic amines) is 2. The van der Waals surface area contributed by atoms with E-state index in [2.05, 4.69) is 0 Å². The molecule has 0 N–H and O–H groups in total. The summed E-state index contributed by atoms with van der Waals surface area (Å²) in [6, 6.07) is 6.51. The van der Waals surface area contributed by atoms with Crippen LogP contribution >= 0.6 is 0 Å². The Morgan fingerprint density at radius 1 is 1.17 bits per heavy atom. The third-order valence-corrected chi connectivity index (χ3v) is 7.76. The minimum absolute atomic E-state index is 0.150. The normalized spacial score (nSPS) is 30.4. The van der Waals surface area contributed by atoms with Gasteiger partial charge in [-0.15, -0.1) is 0 Å². The molecule has 30 heavy (non-hydrogen) atoms. The summed E-state index contributed by atoms with van der Waals surface area (Å²) in [4.78, 5) is 30.3. The van der Waals surface area contributed by atoms with E-state index >= 15 is 0 Å². The number of hydrogen-bond acceptors (Lipinski definition) is 3. The van der Waals surface area contributed by atoms with E-state index < -0.39 is 5.41 Å². The number of carbonyl (C=O) groups is 2. The molecule has 1 aromatic rings. The zero-order chi connectivity index (χ0) is 20.9. The van der Waals surface area contributed by atoms with Crippen LogP contribution in [0.15, 0.2) is 24.3 Å². The van der Waals surface area contributed by atoms with Gasteiger partial charge < -0.3 is 14.5 Å². The van der Waals surface area contributed by atoms with Crippen LogP contribution in [0, 0.1) is 29.0 Å². The van der Waals surface area contributed by atoms with Gasteiger partial charge in [-0.2, -0.15) is 0 Å². The molecule has 0 unspecified atom stereocenters. The fourth-order valence-electron chi connectivity index (χ4n) is 6.08. The van der Waals surface area contributed by atoms with Crippen LogP contribution < -0.4 is 0 Å². The van der Waals surface area contributed by atoms with Gasteiger partial charge in [0.2, 0.25) is 11.8 Å². The quantitative estimate of drug-likeness (QED) is 0.759. The van der Waals surface area contributed by atoms with Crippen molar-refractivity contribution < 1.29 is 18.7 Å². The van der Waals surface area contributed by atoms with Crippen molar-refractivity contribution in [3.8, 4) is 0 Å². The molecule has 0 bridgehead atoms. The average molecular weight is 415 g/mol. The van der Waals surface area contributed by atoms with Crippen LogP contribution in [-0.2, 0) is 14.3 Å². The molecule has 5 nitrogen and oxygen atoms in total. The lowest BCUT2D eigenvalue weighted by Crippen LogP contribution is -2.53. The average Bonchev–Trinajstić information content (AvgIpc) is 3.41. The molecule has 3 aliphatic heterocycles. The lowest BCUT2D eigenvalue weighted by atomic mass is 9.87. The smallest absolute Gasteiger partial charge is 0.233 e. The van der Waals surface area contributed by atoms with Crippen LogP contribution in [0.3, 0.4) is 0 Å². The van der Waals surface area contributed by atoms with E-state index in [4.69, 9.17) is 4.74 Å². The summed E-state index contributed by atoms with van der Waals surface area (Å²) in [5.41, 5.74) is 0.445. The molecule has 5 rings (SSSR count). The molecule has 4 fully saturated rings. The molecule has 2 amide bonds. The van der Waals surface area contributed by atoms with Crippen LogP contribution in [-0.4, -0.2) is 54.5 Å². The van der Waals surface area contributed by atoms with E-state index in [0.717, 1.165) is 18.4 Å². The number of nitrogens with zero attached hydrogens (tertiary/aromatic N) is 2. The highest BCUT2D eigenvalue weighted by Gasteiger charge is 2.53. The molecule has 6 heteroatoms. The van der Waals surface area contributed by atoms with Crippen LogP contribution in [0.5, 0.6) is 0 Å². The SMILES string of the molecule is CC1(C(=O)N2C[C@H]3CN(C(=O)CC4CCCC4)[C@H](c4cccc(F)c4)[C@H]3C2)COC1. The zero-order valence-corrected chi connectivity index (χ0v) is 17.7. The predicted octanol–water partition coefficient (Wildman–Crippen LogP) is 3.40. The molecular weight excluding hydrogens is 383 g/mol. The van der Waals surface area contributed by atoms with Gasteiger partial charge in [0, 0.05) is 37.9 Å². The highest BCUT2D eigenvalue weighted by molar-refractivity contribution is 5.84. The Labute approximate surface area is 177 Å². The van der Waals surface area contributed by atoms with E-state index in [0.29, 0.717) is 45.2 Å². The first-order chi connectivity index (χ1) is 14.4. The summed E-state index contributed by atoms with van der Waals surface area (Å²) >= 11 is 0. The standard InChI is InChI=1S/C24H31FN2O3/c1-24(14-30-15-24)23(29)26-11-18-12-27(21(28)9-16-5-2-3-6-16)22(20(18)13-26)17-7-4-8-19(25)10-17/h4,7-8,10,16,18,20,22H,2-3,5-6,9,11-15H2,1H3/t18-,20-,22+/m0/s1. The monoisotopic (exact) mass is 414 g/mol. The van der Waals surface area contributed by atoms with E-state index in [1.54, 1.807) is 12.1 Å². The van der Waals surface area contributed by atoms with E-state index in [1.165, 1.54) is 18.9 Å². The minimum atomic E-state index is -0.412. The molecule has 4 aliphatic rings. The topological polar surface area (TPSA) is 49.9 Å². The van der Waals surface area contributed by atoms with Gasteiger partial charge in [0.15, 0.2) is 0 Å². The molecule has 162 valence electrons. The molecular formula is C24H31FN2O3. The van der Waals surface area contributed by atoms with Crippen LogP contribution in [0.4, 0.5) is 4.39 Å². The van der Waals surface area contributed by atoms with Crippen molar-refractivity contribution in [3.63, 3.8) is 0 Å². The Morgan fingerprint density at radius 2 is 1.93 bits per heavy atom. The Morgan fingerprint density at radius 3 is 2.60 bits per heavy atom. The van der Waals surface area contributed by atoms with Gasteiger partial charge in [0.25, 0.3) is 0 Å². The second kappa shape index (κ2) is 7.63. The van der Waals surface area contributed by atoms with Gasteiger partial charge in [-0.3, -0.25) is 9.59 Å². The molecule has 0 radical (unpaired) electrons. The second-order valence-electron chi connectivity index (χ2n) is 10.1. The fraction of sp³-hybridized carbons (Fsp3) is 0.667. The van der Waals surface area contributed by atoms with Crippen molar-refractivity contribution in [3.05, 3.63) is 35.6 Å². The van der Waals surface area contributed by atoms with Gasteiger partial charge in [0.1, 0.15) is 5.82 Å². The summed E-state index contributed by atoms with van der Waals surface area (Å²) in [5, 5.41) is 0. The Kier molecular flexibility index (Phi) is 5.08. The van der Waals surface area contributed by atoms with Gasteiger partial charge in [-0.1, -0.05) is 25.0 Å². The van der Waals surface area contributed by atoms with Crippen LogP contribution in [0.1, 0.15) is 50.6 Å². The van der Waals surface area contributed by atoms with Crippen molar-refractivity contribution in [2.75, 3.05) is 32.8 Å². The zero-order valence-electron chi connectivity index (χ0n) is 17.7. The van der Waals surface area contributed by atoms with Crippen molar-refractivity contribution >= 4 is 11.8 Å². The molecule has 0 aromatic heterocycles. The maximum Gasteiger partial charge on any atom is 0.233 e. The van der Waals surface area contributed by atoms with Gasteiger partial charge in [0.05, 0.1) is 24.7 Å². The molecule has 1 aliphatic carbocycles. The predicted molar refractivity (Wildman–Crippen MR) is 110 cm³/mol. The number of rotatable bonds is 4. The van der Waals surface area contributed by atoms with Crippen molar-refractivity contribution in [2.24, 2.45) is 23.2 Å². The van der Waals surface area contributed by atoms with Crippen LogP contribution in [0.2, 0.25) is 0 Å². The van der Waals surface area contributed by atoms with Crippen LogP contribution in [0.25, 0.3) is 0 Å². The summed E-state index contributed by atoms with van der Waals surface area (Å²) < 4.78 is 19.3. The summed E-state index contributed by atoms with van der Waals surface area (Å²) in [5.74, 6) is 0.979. The van der Waals surface area contributed by atoms with E-state index in [1.807, 2.05) is 22.8 Å². The number of amides is 2. The molecule has 3 heterocycles. The van der Waals surface area contributed by atoms with Crippen molar-refractivity contribution in [1.82, 2.24) is 9.80 Å². The Balaban J connectivity index is 1.37. The number of carbonyl (C=O) groups excluding carboxylic acids is 2. The number of ether oxygens (including phenoxy) is 1. The second-order valence-corrected chi connectivity index (χ2v) is 10.1.